The number of aliphatic carboxylic acids is 2. The number of aromatic nitrogens is 1. The molecule has 0 aliphatic carbocycles. The van der Waals surface area contributed by atoms with Gasteiger partial charge in [-0.15, -0.1) is 0 Å². The number of rotatable bonds is 13. The lowest BCUT2D eigenvalue weighted by Crippen LogP contribution is -2.36. The molecule has 7 N–H and O–H groups in total. The molecule has 0 fully saturated rings. The minimum atomic E-state index is -5.08. The number of aliphatic hydroxyl groups is 1. The van der Waals surface area contributed by atoms with Crippen LogP contribution in [0.15, 0.2) is 36.5 Å². The van der Waals surface area contributed by atoms with E-state index in [4.69, 9.17) is 35.0 Å². The molecule has 278 valence electrons. The second kappa shape index (κ2) is 19.4. The summed E-state index contributed by atoms with van der Waals surface area (Å²) in [6.07, 6.45) is -7.89. The van der Waals surface area contributed by atoms with Crippen LogP contribution in [-0.2, 0) is 22.6 Å². The number of anilines is 2. The number of hydrogen-bond acceptors (Lipinski definition) is 9. The molecule has 2 aromatic carbocycles. The van der Waals surface area contributed by atoms with E-state index < -0.39 is 30.2 Å². The lowest BCUT2D eigenvalue weighted by atomic mass is 10.00. The minimum Gasteiger partial charge on any atom is -0.490 e. The van der Waals surface area contributed by atoms with Gasteiger partial charge >= 0.3 is 24.3 Å². The van der Waals surface area contributed by atoms with Gasteiger partial charge in [0.15, 0.2) is 11.5 Å². The molecule has 0 radical (unpaired) electrons. The van der Waals surface area contributed by atoms with Gasteiger partial charge in [-0.1, -0.05) is 32.9 Å². The highest BCUT2D eigenvalue weighted by Crippen LogP contribution is 2.38. The van der Waals surface area contributed by atoms with Crippen LogP contribution in [0.3, 0.4) is 0 Å². The fourth-order valence-corrected chi connectivity index (χ4v) is 4.28. The summed E-state index contributed by atoms with van der Waals surface area (Å²) in [4.78, 5) is 34.6. The number of pyridine rings is 1. The molecule has 0 aliphatic rings. The van der Waals surface area contributed by atoms with Crippen molar-refractivity contribution in [3.63, 3.8) is 0 Å². The first-order valence-electron chi connectivity index (χ1n) is 15.1. The fourth-order valence-electron chi connectivity index (χ4n) is 4.28. The maximum atomic E-state index is 12.4. The smallest absolute Gasteiger partial charge is 0.490 e. The quantitative estimate of drug-likeness (QED) is 0.117. The zero-order valence-corrected chi connectivity index (χ0v) is 27.8. The van der Waals surface area contributed by atoms with Crippen LogP contribution in [0.25, 0.3) is 10.9 Å². The normalized spacial score (nSPS) is 11.9. The Kier molecular flexibility index (Phi) is 16.7. The van der Waals surface area contributed by atoms with E-state index in [0.717, 1.165) is 23.2 Å². The summed E-state index contributed by atoms with van der Waals surface area (Å²) in [6, 6.07) is 9.72. The van der Waals surface area contributed by atoms with Crippen molar-refractivity contribution in [1.82, 2.24) is 10.3 Å². The standard InChI is InChI=1S/C28H38N4O4.2C2HF3O2/c1-6-19-18(14-30-24(16-33)17(4)5)10-9-11-22(19)32-27-20-12-25(35-7-2)26(36-8-3)13-23(20)31-15-21(27)28(29)34;2*3-2(4,5)1(6)7/h9-13,15,17,24,30,33H,6-8,14,16H2,1-5H3,(H2,29,34)(H,31,32);2*(H,6,7). The number of hydrogen-bond donors (Lipinski definition) is 6. The summed E-state index contributed by atoms with van der Waals surface area (Å²) in [7, 11) is 0. The maximum Gasteiger partial charge on any atom is 0.490 e. The average molecular weight is 723 g/mol. The monoisotopic (exact) mass is 722 g/mol. The molecule has 0 spiro atoms. The Hall–Kier alpha value is -4.84. The molecule has 18 heteroatoms. The van der Waals surface area contributed by atoms with Gasteiger partial charge in [0.1, 0.15) is 0 Å². The molecule has 0 bridgehead atoms. The summed E-state index contributed by atoms with van der Waals surface area (Å²) >= 11 is 0. The summed E-state index contributed by atoms with van der Waals surface area (Å²) in [5.41, 5.74) is 10.4. The van der Waals surface area contributed by atoms with Gasteiger partial charge in [0.2, 0.25) is 0 Å². The molecule has 0 saturated heterocycles. The maximum absolute atomic E-state index is 12.4. The lowest BCUT2D eigenvalue weighted by molar-refractivity contribution is -0.193. The Balaban J connectivity index is 0.000000748. The molecule has 0 saturated carbocycles. The molecule has 0 aliphatic heterocycles. The SMILES string of the molecule is CCOc1cc2ncc(C(N)=O)c(Nc3cccc(CNC(CO)C(C)C)c3CC)c2cc1OCC.O=C(O)C(F)(F)F.O=C(O)C(F)(F)F. The van der Waals surface area contributed by atoms with Gasteiger partial charge in [-0.2, -0.15) is 26.3 Å². The van der Waals surface area contributed by atoms with Crippen LogP contribution in [0.1, 0.15) is 56.1 Å². The van der Waals surface area contributed by atoms with Crippen molar-refractivity contribution in [2.24, 2.45) is 11.7 Å². The Morgan fingerprint density at radius 1 is 0.920 bits per heavy atom. The molecule has 3 aromatic rings. The molecular weight excluding hydrogens is 682 g/mol. The molecule has 1 heterocycles. The largest absolute Gasteiger partial charge is 0.490 e. The van der Waals surface area contributed by atoms with E-state index in [1.54, 1.807) is 0 Å². The van der Waals surface area contributed by atoms with Crippen LogP contribution in [0.4, 0.5) is 37.7 Å². The third-order valence-corrected chi connectivity index (χ3v) is 6.73. The van der Waals surface area contributed by atoms with Crippen molar-refractivity contribution in [2.45, 2.75) is 66.0 Å². The Labute approximate surface area is 283 Å². The summed E-state index contributed by atoms with van der Waals surface area (Å²) in [5, 5.41) is 31.6. The van der Waals surface area contributed by atoms with Crippen molar-refractivity contribution in [3.05, 3.63) is 53.2 Å². The molecule has 1 aromatic heterocycles. The zero-order valence-electron chi connectivity index (χ0n) is 27.8. The van der Waals surface area contributed by atoms with Gasteiger partial charge in [0.25, 0.3) is 5.91 Å². The molecule has 3 rings (SSSR count). The molecule has 1 atom stereocenters. The van der Waals surface area contributed by atoms with Crippen molar-refractivity contribution in [3.8, 4) is 11.5 Å². The number of ether oxygens (including phenoxy) is 2. The fraction of sp³-hybridized carbons (Fsp3) is 0.438. The topological polar surface area (TPSA) is 193 Å². The van der Waals surface area contributed by atoms with Crippen LogP contribution >= 0.6 is 0 Å². The first kappa shape index (κ1) is 43.2. The van der Waals surface area contributed by atoms with Gasteiger partial charge in [-0.3, -0.25) is 9.78 Å². The van der Waals surface area contributed by atoms with Gasteiger partial charge in [0, 0.05) is 35.9 Å². The van der Waals surface area contributed by atoms with Gasteiger partial charge in [0.05, 0.1) is 36.6 Å². The summed E-state index contributed by atoms with van der Waals surface area (Å²) in [5.74, 6) is -4.60. The third kappa shape index (κ3) is 12.9. The van der Waals surface area contributed by atoms with Crippen LogP contribution in [0, 0.1) is 5.92 Å². The van der Waals surface area contributed by atoms with Gasteiger partial charge in [-0.05, 0) is 49.4 Å². The van der Waals surface area contributed by atoms with E-state index in [1.807, 2.05) is 38.1 Å². The molecule has 12 nitrogen and oxygen atoms in total. The number of carboxylic acid groups (broad SMARTS) is 2. The van der Waals surface area contributed by atoms with E-state index in [9.17, 15) is 36.2 Å². The second-order valence-electron chi connectivity index (χ2n) is 10.5. The number of nitrogens with two attached hydrogens (primary N) is 1. The average Bonchev–Trinajstić information content (AvgIpc) is 3.01. The van der Waals surface area contributed by atoms with E-state index in [2.05, 4.69) is 42.5 Å². The Morgan fingerprint density at radius 2 is 1.44 bits per heavy atom. The number of aliphatic hydroxyl groups excluding tert-OH is 1. The van der Waals surface area contributed by atoms with E-state index >= 15 is 0 Å². The number of amides is 1. The van der Waals surface area contributed by atoms with Gasteiger partial charge in [-0.25, -0.2) is 9.59 Å². The van der Waals surface area contributed by atoms with Gasteiger partial charge < -0.3 is 41.2 Å². The Bertz CT molecular complexity index is 1580. The first-order chi connectivity index (χ1) is 23.2. The van der Waals surface area contributed by atoms with Crippen molar-refractivity contribution >= 4 is 40.1 Å². The number of carboxylic acids is 2. The number of benzene rings is 2. The van der Waals surface area contributed by atoms with Crippen molar-refractivity contribution in [1.29, 1.82) is 0 Å². The number of nitrogens with one attached hydrogen (secondary N) is 2. The first-order valence-corrected chi connectivity index (χ1v) is 15.1. The second-order valence-corrected chi connectivity index (χ2v) is 10.5. The predicted octanol–water partition coefficient (Wildman–Crippen LogP) is 5.81. The highest BCUT2D eigenvalue weighted by Gasteiger charge is 2.38. The number of nitrogens with zero attached hydrogens (tertiary/aromatic N) is 1. The van der Waals surface area contributed by atoms with Crippen molar-refractivity contribution < 1.29 is 65.5 Å². The number of primary amides is 1. The van der Waals surface area contributed by atoms with Crippen LogP contribution in [0.5, 0.6) is 11.5 Å². The number of carbonyl (C=O) groups is 3. The summed E-state index contributed by atoms with van der Waals surface area (Å²) in [6.45, 7) is 11.7. The number of halogens is 6. The Morgan fingerprint density at radius 3 is 1.86 bits per heavy atom. The number of fused-ring (bicyclic) bond motifs is 1. The highest BCUT2D eigenvalue weighted by molar-refractivity contribution is 6.08. The minimum absolute atomic E-state index is 0.00782. The van der Waals surface area contributed by atoms with E-state index in [0.29, 0.717) is 59.3 Å². The number of carbonyl (C=O) groups excluding carboxylic acids is 1. The molecule has 1 amide bonds. The third-order valence-electron chi connectivity index (χ3n) is 6.73. The van der Waals surface area contributed by atoms with Crippen LogP contribution in [-0.4, -0.2) is 76.4 Å². The van der Waals surface area contributed by atoms with Crippen LogP contribution in [0.2, 0.25) is 0 Å². The van der Waals surface area contributed by atoms with E-state index in [-0.39, 0.29) is 12.6 Å². The lowest BCUT2D eigenvalue weighted by Gasteiger charge is -2.22. The molecular formula is C32H40F6N4O8. The van der Waals surface area contributed by atoms with E-state index in [1.165, 1.54) is 6.20 Å². The highest BCUT2D eigenvalue weighted by atomic mass is 19.4. The van der Waals surface area contributed by atoms with Crippen LogP contribution < -0.4 is 25.8 Å². The van der Waals surface area contributed by atoms with Crippen molar-refractivity contribution in [2.75, 3.05) is 25.1 Å². The number of alkyl halides is 6. The summed E-state index contributed by atoms with van der Waals surface area (Å²) < 4.78 is 75.1. The molecule has 1 unspecified atom stereocenters. The molecule has 50 heavy (non-hydrogen) atoms. The predicted molar refractivity (Wildman–Crippen MR) is 172 cm³/mol. The zero-order chi connectivity index (χ0) is 38.4.